The monoisotopic (exact) mass is 606 g/mol. The van der Waals surface area contributed by atoms with Gasteiger partial charge in [-0.2, -0.15) is 0 Å². The summed E-state index contributed by atoms with van der Waals surface area (Å²) in [5.41, 5.74) is 2.51. The number of unbranched alkanes of at least 4 members (excludes halogenated alkanes) is 5. The molecule has 1 aromatic carbocycles. The zero-order chi connectivity index (χ0) is 30.5. The number of aryl methyl sites for hydroxylation is 1. The van der Waals surface area contributed by atoms with Crippen molar-refractivity contribution < 1.29 is 27.5 Å². The van der Waals surface area contributed by atoms with Crippen LogP contribution in [0, 0.1) is 0 Å². The summed E-state index contributed by atoms with van der Waals surface area (Å²) in [5, 5.41) is 5.57. The summed E-state index contributed by atoms with van der Waals surface area (Å²) in [6.07, 6.45) is 11.7. The Labute approximate surface area is 252 Å². The quantitative estimate of drug-likeness (QED) is 0.213. The summed E-state index contributed by atoms with van der Waals surface area (Å²) < 4.78 is 37.6. The van der Waals surface area contributed by atoms with Crippen molar-refractivity contribution in [2.24, 2.45) is 0 Å². The summed E-state index contributed by atoms with van der Waals surface area (Å²) in [6, 6.07) is 6.07. The van der Waals surface area contributed by atoms with Gasteiger partial charge in [0.25, 0.3) is 5.91 Å². The number of nitrogens with zero attached hydrogens (tertiary/aromatic N) is 1. The number of sulfonamides is 1. The minimum atomic E-state index is -3.65. The molecule has 2 aliphatic heterocycles. The normalized spacial score (nSPS) is 18.8. The number of carbonyl (C=O) groups excluding carboxylic acids is 2. The van der Waals surface area contributed by atoms with Gasteiger partial charge < -0.3 is 20.1 Å². The largest absolute Gasteiger partial charge is 0.497 e. The van der Waals surface area contributed by atoms with E-state index >= 15 is 0 Å². The first-order chi connectivity index (χ1) is 20.1. The number of rotatable bonds is 18. The summed E-state index contributed by atoms with van der Waals surface area (Å²) in [4.78, 5) is 27.4. The molecule has 0 bridgehead atoms. The number of benzene rings is 1. The van der Waals surface area contributed by atoms with Crippen LogP contribution in [0.25, 0.3) is 0 Å². The molecule has 0 aromatic heterocycles. The van der Waals surface area contributed by atoms with Crippen molar-refractivity contribution in [3.05, 3.63) is 41.3 Å². The molecule has 1 fully saturated rings. The maximum absolute atomic E-state index is 12.6. The lowest BCUT2D eigenvalue weighted by Gasteiger charge is -2.28. The van der Waals surface area contributed by atoms with E-state index in [2.05, 4.69) is 27.2 Å². The lowest BCUT2D eigenvalue weighted by molar-refractivity contribution is -0.119. The van der Waals surface area contributed by atoms with E-state index in [1.54, 1.807) is 21.0 Å². The Hall–Kier alpha value is -2.79. The van der Waals surface area contributed by atoms with Gasteiger partial charge in [-0.05, 0) is 69.3 Å². The van der Waals surface area contributed by atoms with Crippen LogP contribution >= 0.6 is 0 Å². The summed E-state index contributed by atoms with van der Waals surface area (Å²) in [7, 11) is -2.03. The molecule has 1 aromatic rings. The van der Waals surface area contributed by atoms with Crippen molar-refractivity contribution >= 4 is 21.8 Å². The SMILES string of the molecule is CCCCCCCCNC(=O)C1=COC(C[C@@H]2CCCN2Cc2cc(OC)ccc2CCC(=O)NS(=O)(=O)C(C)C)N1. The molecule has 3 N–H and O–H groups in total. The number of ether oxygens (including phenoxy) is 2. The minimum absolute atomic E-state index is 0.0733. The summed E-state index contributed by atoms with van der Waals surface area (Å²) >= 11 is 0. The van der Waals surface area contributed by atoms with Crippen LogP contribution in [0.15, 0.2) is 30.2 Å². The highest BCUT2D eigenvalue weighted by Gasteiger charge is 2.31. The Bertz CT molecular complexity index is 1170. The fourth-order valence-corrected chi connectivity index (χ4v) is 6.02. The van der Waals surface area contributed by atoms with Crippen molar-refractivity contribution in [1.82, 2.24) is 20.3 Å². The van der Waals surface area contributed by atoms with Gasteiger partial charge in [0, 0.05) is 32.0 Å². The fourth-order valence-electron chi connectivity index (χ4n) is 5.36. The van der Waals surface area contributed by atoms with Crippen molar-refractivity contribution in [2.45, 2.75) is 115 Å². The Morgan fingerprint density at radius 1 is 1.14 bits per heavy atom. The number of amides is 2. The number of methoxy groups -OCH3 is 1. The Morgan fingerprint density at radius 3 is 2.64 bits per heavy atom. The number of nitrogens with one attached hydrogen (secondary N) is 3. The lowest BCUT2D eigenvalue weighted by Crippen LogP contribution is -2.38. The van der Waals surface area contributed by atoms with Crippen LogP contribution in [0.3, 0.4) is 0 Å². The van der Waals surface area contributed by atoms with Gasteiger partial charge in [0.15, 0.2) is 6.23 Å². The zero-order valence-electron chi connectivity index (χ0n) is 25.7. The van der Waals surface area contributed by atoms with Crippen LogP contribution in [0.2, 0.25) is 0 Å². The zero-order valence-corrected chi connectivity index (χ0v) is 26.6. The third-order valence-corrected chi connectivity index (χ3v) is 9.75. The second-order valence-electron chi connectivity index (χ2n) is 11.6. The predicted octanol–water partition coefficient (Wildman–Crippen LogP) is 4.10. The van der Waals surface area contributed by atoms with E-state index in [-0.39, 0.29) is 24.6 Å². The number of likely N-dealkylation sites (tertiary alicyclic amines) is 1. The third-order valence-electron chi connectivity index (χ3n) is 8.00. The Balaban J connectivity index is 1.50. The average molecular weight is 607 g/mol. The first-order valence-corrected chi connectivity index (χ1v) is 17.0. The van der Waals surface area contributed by atoms with E-state index in [0.717, 1.165) is 55.5 Å². The Morgan fingerprint density at radius 2 is 1.90 bits per heavy atom. The standard InChI is InChI=1S/C31H50N4O6S/c1-5-6-7-8-9-10-17-32-31(37)28-22-41-30(33-28)20-26-12-11-18-35(26)21-25-19-27(40-4)15-13-24(25)14-16-29(36)34-42(38,39)23(2)3/h13,15,19,22-23,26,30,33H,5-12,14,16-18,20-21H2,1-4H3,(H,32,37)(H,34,36)/t26-,30?/m0/s1. The Kier molecular flexibility index (Phi) is 13.4. The first-order valence-electron chi connectivity index (χ1n) is 15.5. The van der Waals surface area contributed by atoms with Crippen LogP contribution in [-0.4, -0.2) is 62.9 Å². The molecule has 2 amide bonds. The van der Waals surface area contributed by atoms with Crippen molar-refractivity contribution in [1.29, 1.82) is 0 Å². The molecule has 0 saturated carbocycles. The highest BCUT2D eigenvalue weighted by molar-refractivity contribution is 7.90. The molecular formula is C31H50N4O6S. The molecular weight excluding hydrogens is 556 g/mol. The third kappa shape index (κ3) is 10.5. The van der Waals surface area contributed by atoms with Crippen molar-refractivity contribution in [3.8, 4) is 5.75 Å². The van der Waals surface area contributed by atoms with Crippen LogP contribution in [0.1, 0.15) is 96.1 Å². The highest BCUT2D eigenvalue weighted by atomic mass is 32.2. The lowest BCUT2D eigenvalue weighted by atomic mass is 10.0. The number of hydrogen-bond acceptors (Lipinski definition) is 8. The minimum Gasteiger partial charge on any atom is -0.497 e. The molecule has 0 spiro atoms. The van der Waals surface area contributed by atoms with Crippen molar-refractivity contribution in [3.63, 3.8) is 0 Å². The van der Waals surface area contributed by atoms with Gasteiger partial charge in [-0.1, -0.05) is 45.1 Å². The van der Waals surface area contributed by atoms with E-state index in [1.807, 2.05) is 18.2 Å². The van der Waals surface area contributed by atoms with E-state index in [4.69, 9.17) is 9.47 Å². The molecule has 1 unspecified atom stereocenters. The molecule has 42 heavy (non-hydrogen) atoms. The summed E-state index contributed by atoms with van der Waals surface area (Å²) in [5.74, 6) is 0.104. The van der Waals surface area contributed by atoms with Gasteiger partial charge in [0.2, 0.25) is 15.9 Å². The molecule has 1 saturated heterocycles. The predicted molar refractivity (Wildman–Crippen MR) is 164 cm³/mol. The molecule has 0 radical (unpaired) electrons. The van der Waals surface area contributed by atoms with Gasteiger partial charge in [-0.3, -0.25) is 19.2 Å². The number of hydrogen-bond donors (Lipinski definition) is 3. The molecule has 2 heterocycles. The molecule has 236 valence electrons. The maximum atomic E-state index is 12.6. The van der Waals surface area contributed by atoms with Crippen LogP contribution in [0.4, 0.5) is 0 Å². The highest BCUT2D eigenvalue weighted by Crippen LogP contribution is 2.28. The molecule has 10 nitrogen and oxygen atoms in total. The second-order valence-corrected chi connectivity index (χ2v) is 13.8. The van der Waals surface area contributed by atoms with Crippen molar-refractivity contribution in [2.75, 3.05) is 20.2 Å². The molecule has 11 heteroatoms. The molecule has 2 aliphatic rings. The van der Waals surface area contributed by atoms with Gasteiger partial charge in [-0.15, -0.1) is 0 Å². The first kappa shape index (κ1) is 33.7. The van der Waals surface area contributed by atoms with Gasteiger partial charge in [0.1, 0.15) is 17.7 Å². The van der Waals surface area contributed by atoms with E-state index in [9.17, 15) is 18.0 Å². The maximum Gasteiger partial charge on any atom is 0.270 e. The van der Waals surface area contributed by atoms with Gasteiger partial charge >= 0.3 is 0 Å². The van der Waals surface area contributed by atoms with Gasteiger partial charge in [-0.25, -0.2) is 8.42 Å². The van der Waals surface area contributed by atoms with E-state index in [1.165, 1.54) is 31.9 Å². The molecule has 0 aliphatic carbocycles. The van der Waals surface area contributed by atoms with Crippen LogP contribution < -0.4 is 20.1 Å². The van der Waals surface area contributed by atoms with Crippen LogP contribution in [-0.2, 0) is 37.3 Å². The van der Waals surface area contributed by atoms with E-state index < -0.39 is 21.2 Å². The summed E-state index contributed by atoms with van der Waals surface area (Å²) in [6.45, 7) is 7.56. The molecule has 3 rings (SSSR count). The van der Waals surface area contributed by atoms with E-state index in [0.29, 0.717) is 25.2 Å². The molecule has 2 atom stereocenters. The number of carbonyl (C=O) groups is 2. The van der Waals surface area contributed by atoms with Crippen LogP contribution in [0.5, 0.6) is 5.75 Å². The average Bonchev–Trinajstić information content (AvgIpc) is 3.61. The topological polar surface area (TPSA) is 126 Å². The fraction of sp³-hybridized carbons (Fsp3) is 0.677. The smallest absolute Gasteiger partial charge is 0.270 e. The second kappa shape index (κ2) is 16.7. The van der Waals surface area contributed by atoms with Gasteiger partial charge in [0.05, 0.1) is 12.4 Å².